The fraction of sp³-hybridized carbons (Fsp3) is 0.706. The lowest BCUT2D eigenvalue weighted by atomic mass is 9.75. The van der Waals surface area contributed by atoms with Gasteiger partial charge in [-0.15, -0.1) is 0 Å². The van der Waals surface area contributed by atoms with Crippen molar-refractivity contribution in [3.63, 3.8) is 0 Å². The number of hydrogen-bond donors (Lipinski definition) is 1. The maximum atomic E-state index is 4.62. The summed E-state index contributed by atoms with van der Waals surface area (Å²) in [6.07, 6.45) is 9.72. The van der Waals surface area contributed by atoms with Crippen LogP contribution in [0.1, 0.15) is 52.4 Å². The first kappa shape index (κ1) is 13.7. The Morgan fingerprint density at radius 1 is 1.20 bits per heavy atom. The Morgan fingerprint density at radius 2 is 1.90 bits per heavy atom. The topological polar surface area (TPSA) is 28.2 Å². The highest BCUT2D eigenvalue weighted by atomic mass is 15.2. The van der Waals surface area contributed by atoms with Crippen molar-refractivity contribution in [1.82, 2.24) is 4.98 Å². The van der Waals surface area contributed by atoms with Gasteiger partial charge in [0.2, 0.25) is 0 Å². The van der Waals surface area contributed by atoms with Gasteiger partial charge < -0.3 is 10.2 Å². The van der Waals surface area contributed by atoms with Crippen LogP contribution in [0.25, 0.3) is 0 Å². The minimum Gasteiger partial charge on any atom is -0.379 e. The highest BCUT2D eigenvalue weighted by molar-refractivity contribution is 5.66. The number of anilines is 2. The van der Waals surface area contributed by atoms with Crippen molar-refractivity contribution in [2.75, 3.05) is 23.3 Å². The molecule has 1 aromatic rings. The smallest absolute Gasteiger partial charge is 0.151 e. The lowest BCUT2D eigenvalue weighted by Gasteiger charge is -2.35. The normalized spacial score (nSPS) is 23.0. The molecule has 0 amide bonds. The third kappa shape index (κ3) is 3.08. The standard InChI is InChI=1S/C17H27N3/c1-17(2)9-7-14(8-10-17)19-15-6-5-11-18-16(15)20-12-3-4-13-20/h5-6,11,14,19H,3-4,7-10,12-13H2,1-2H3. The van der Waals surface area contributed by atoms with E-state index >= 15 is 0 Å². The fourth-order valence-corrected chi connectivity index (χ4v) is 3.45. The SMILES string of the molecule is CC1(C)CCC(Nc2cccnc2N2CCCC2)CC1. The molecule has 0 atom stereocenters. The molecule has 1 saturated heterocycles. The Balaban J connectivity index is 1.68. The predicted molar refractivity (Wildman–Crippen MR) is 85.3 cm³/mol. The van der Waals surface area contributed by atoms with E-state index in [1.165, 1.54) is 44.2 Å². The summed E-state index contributed by atoms with van der Waals surface area (Å²) >= 11 is 0. The maximum Gasteiger partial charge on any atom is 0.151 e. The van der Waals surface area contributed by atoms with Crippen LogP contribution in [0, 0.1) is 5.41 Å². The van der Waals surface area contributed by atoms with Gasteiger partial charge in [0.1, 0.15) is 0 Å². The zero-order valence-corrected chi connectivity index (χ0v) is 12.9. The molecule has 3 rings (SSSR count). The lowest BCUT2D eigenvalue weighted by Crippen LogP contribution is -2.31. The van der Waals surface area contributed by atoms with Gasteiger partial charge >= 0.3 is 0 Å². The van der Waals surface area contributed by atoms with Crippen LogP contribution in [0.5, 0.6) is 0 Å². The second kappa shape index (κ2) is 5.63. The van der Waals surface area contributed by atoms with E-state index in [2.05, 4.69) is 41.2 Å². The number of nitrogens with zero attached hydrogens (tertiary/aromatic N) is 2. The van der Waals surface area contributed by atoms with Crippen molar-refractivity contribution in [2.45, 2.75) is 58.4 Å². The van der Waals surface area contributed by atoms with E-state index in [4.69, 9.17) is 0 Å². The average molecular weight is 273 g/mol. The van der Waals surface area contributed by atoms with Crippen LogP contribution in [0.2, 0.25) is 0 Å². The van der Waals surface area contributed by atoms with Crippen LogP contribution in [-0.2, 0) is 0 Å². The quantitative estimate of drug-likeness (QED) is 0.900. The summed E-state index contributed by atoms with van der Waals surface area (Å²) in [5.74, 6) is 1.16. The second-order valence-corrected chi connectivity index (χ2v) is 7.15. The van der Waals surface area contributed by atoms with Crippen LogP contribution in [0.3, 0.4) is 0 Å². The highest BCUT2D eigenvalue weighted by Gasteiger charge is 2.27. The molecule has 1 aromatic heterocycles. The Labute approximate surface area is 122 Å². The number of hydrogen-bond acceptors (Lipinski definition) is 3. The van der Waals surface area contributed by atoms with Crippen LogP contribution in [0.15, 0.2) is 18.3 Å². The zero-order valence-electron chi connectivity index (χ0n) is 12.9. The molecule has 1 saturated carbocycles. The van der Waals surface area contributed by atoms with Crippen molar-refractivity contribution < 1.29 is 0 Å². The Hall–Kier alpha value is -1.25. The van der Waals surface area contributed by atoms with E-state index in [1.54, 1.807) is 0 Å². The molecule has 3 heteroatoms. The van der Waals surface area contributed by atoms with Gasteiger partial charge in [0.25, 0.3) is 0 Å². The first-order valence-electron chi connectivity index (χ1n) is 8.11. The molecule has 2 aliphatic rings. The van der Waals surface area contributed by atoms with Gasteiger partial charge in [0.15, 0.2) is 5.82 Å². The number of aromatic nitrogens is 1. The molecule has 2 heterocycles. The molecule has 1 N–H and O–H groups in total. The number of pyridine rings is 1. The monoisotopic (exact) mass is 273 g/mol. The molecule has 0 radical (unpaired) electrons. The third-order valence-corrected chi connectivity index (χ3v) is 4.89. The first-order chi connectivity index (χ1) is 9.64. The summed E-state index contributed by atoms with van der Waals surface area (Å²) in [6.45, 7) is 7.10. The lowest BCUT2D eigenvalue weighted by molar-refractivity contribution is 0.232. The predicted octanol–water partition coefficient (Wildman–Crippen LogP) is 4.06. The van der Waals surface area contributed by atoms with Crippen molar-refractivity contribution in [3.8, 4) is 0 Å². The molecule has 0 spiro atoms. The van der Waals surface area contributed by atoms with Gasteiger partial charge in [-0.1, -0.05) is 13.8 Å². The molecule has 0 bridgehead atoms. The van der Waals surface area contributed by atoms with Gasteiger partial charge in [0.05, 0.1) is 5.69 Å². The average Bonchev–Trinajstić information content (AvgIpc) is 2.96. The number of rotatable bonds is 3. The molecular weight excluding hydrogens is 246 g/mol. The Bertz CT molecular complexity index is 439. The van der Waals surface area contributed by atoms with Gasteiger partial charge in [-0.05, 0) is 56.1 Å². The van der Waals surface area contributed by atoms with Gasteiger partial charge in [-0.2, -0.15) is 0 Å². The van der Waals surface area contributed by atoms with E-state index in [1.807, 2.05) is 6.20 Å². The Morgan fingerprint density at radius 3 is 2.60 bits per heavy atom. The van der Waals surface area contributed by atoms with E-state index in [-0.39, 0.29) is 0 Å². The summed E-state index contributed by atoms with van der Waals surface area (Å²) in [7, 11) is 0. The summed E-state index contributed by atoms with van der Waals surface area (Å²) in [5.41, 5.74) is 1.77. The maximum absolute atomic E-state index is 4.62. The fourth-order valence-electron chi connectivity index (χ4n) is 3.45. The minimum absolute atomic E-state index is 0.533. The summed E-state index contributed by atoms with van der Waals surface area (Å²) in [4.78, 5) is 7.04. The van der Waals surface area contributed by atoms with Crippen LogP contribution in [0.4, 0.5) is 11.5 Å². The van der Waals surface area contributed by atoms with Gasteiger partial charge in [0, 0.05) is 25.3 Å². The molecule has 1 aliphatic carbocycles. The summed E-state index contributed by atoms with van der Waals surface area (Å²) in [6, 6.07) is 4.86. The first-order valence-corrected chi connectivity index (χ1v) is 8.11. The molecule has 3 nitrogen and oxygen atoms in total. The van der Waals surface area contributed by atoms with Crippen LogP contribution in [-0.4, -0.2) is 24.1 Å². The largest absolute Gasteiger partial charge is 0.379 e. The zero-order chi connectivity index (χ0) is 14.0. The van der Waals surface area contributed by atoms with Crippen LogP contribution < -0.4 is 10.2 Å². The molecule has 2 fully saturated rings. The van der Waals surface area contributed by atoms with E-state index < -0.39 is 0 Å². The number of nitrogens with one attached hydrogen (secondary N) is 1. The van der Waals surface area contributed by atoms with Crippen LogP contribution >= 0.6 is 0 Å². The minimum atomic E-state index is 0.533. The van der Waals surface area contributed by atoms with Gasteiger partial charge in [-0.3, -0.25) is 0 Å². The van der Waals surface area contributed by atoms with E-state index in [9.17, 15) is 0 Å². The summed E-state index contributed by atoms with van der Waals surface area (Å²) in [5, 5.41) is 3.76. The summed E-state index contributed by atoms with van der Waals surface area (Å²) < 4.78 is 0. The molecule has 1 aliphatic heterocycles. The highest BCUT2D eigenvalue weighted by Crippen LogP contribution is 2.37. The van der Waals surface area contributed by atoms with Crippen molar-refractivity contribution >= 4 is 11.5 Å². The third-order valence-electron chi connectivity index (χ3n) is 4.89. The van der Waals surface area contributed by atoms with E-state index in [0.717, 1.165) is 18.9 Å². The Kier molecular flexibility index (Phi) is 3.86. The molecular formula is C17H27N3. The van der Waals surface area contributed by atoms with Crippen molar-refractivity contribution in [1.29, 1.82) is 0 Å². The second-order valence-electron chi connectivity index (χ2n) is 7.15. The van der Waals surface area contributed by atoms with Gasteiger partial charge in [-0.25, -0.2) is 4.98 Å². The van der Waals surface area contributed by atoms with Crippen molar-refractivity contribution in [3.05, 3.63) is 18.3 Å². The van der Waals surface area contributed by atoms with Crippen molar-refractivity contribution in [2.24, 2.45) is 5.41 Å². The molecule has 20 heavy (non-hydrogen) atoms. The molecule has 110 valence electrons. The molecule has 0 unspecified atom stereocenters. The van der Waals surface area contributed by atoms with E-state index in [0.29, 0.717) is 11.5 Å². The molecule has 0 aromatic carbocycles.